The molecule has 0 aliphatic carbocycles. The molecule has 10 heteroatoms. The van der Waals surface area contributed by atoms with Gasteiger partial charge in [0.1, 0.15) is 56.7 Å². The molecule has 0 radical (unpaired) electrons. The molecular weight excluding hydrogens is 1740 g/mol. The van der Waals surface area contributed by atoms with Gasteiger partial charge in [0.25, 0.3) is 0 Å². The van der Waals surface area contributed by atoms with Gasteiger partial charge in [0.05, 0.1) is 0 Å². The molecule has 0 saturated carbocycles. The smallest absolute Gasteiger partial charge is 0.113 e. The van der Waals surface area contributed by atoms with Crippen molar-refractivity contribution in [2.75, 3.05) is 0 Å². The summed E-state index contributed by atoms with van der Waals surface area (Å²) < 4.78 is 134. The first kappa shape index (κ1) is 171. The van der Waals surface area contributed by atoms with Gasteiger partial charge in [-0.25, -0.2) is 43.9 Å². The van der Waals surface area contributed by atoms with Gasteiger partial charge in [-0.1, -0.05) is 485 Å². The molecular formula is C129H278F10. The van der Waals surface area contributed by atoms with E-state index in [2.05, 4.69) is 298 Å². The molecule has 0 unspecified atom stereocenters. The van der Waals surface area contributed by atoms with Crippen molar-refractivity contribution in [3.05, 3.63) is 0 Å². The molecule has 0 aliphatic heterocycles. The highest BCUT2D eigenvalue weighted by atomic mass is 19.2. The zero-order valence-corrected chi connectivity index (χ0v) is 110. The first-order valence-corrected chi connectivity index (χ1v) is 58.7. The van der Waals surface area contributed by atoms with E-state index >= 15 is 0 Å². The van der Waals surface area contributed by atoms with Gasteiger partial charge in [-0.15, -0.1) is 0 Å². The normalized spacial score (nSPS) is 15.7. The van der Waals surface area contributed by atoms with Gasteiger partial charge < -0.3 is 0 Å². The van der Waals surface area contributed by atoms with E-state index in [4.69, 9.17) is 0 Å². The largest absolute Gasteiger partial charge is 0.244 e. The Kier molecular flexibility index (Phi) is 104. The standard InChI is InChI=1S/2C11H23F.3C10H21F.C10H22.2C9H19F.C9H20.2C7H15F.2C7H16.C6H13F.C6H14/c1-7-11(6,12)10(8(2)3)9(4)5;1-6-9-11(5,12)10(4,7-2)8-3;1-7(2)9(8(3)4)10(5,6)11;1-6-9(4,7-2)10(5,11)8-3;1-5-8-10(4,11)9(6-2)7-3;1-7-10(6,8-2)9(3,4)5;1-5-6-9(4,10)7-8(2)3;1-5-8(6-2)9(4,10)7-3;1-6-8(7-2)9(3,4)5;1-5-7(4,8)6(2)3;1-4-6-7(3,8)5-2;1-6(2)7(3,4)5;1-5-6-7(2,3)4;1-4-6(3,7)5-2;1-5-6(2,3)4/h8-10H,7H2,1-6H3;6-9H2,1-5H3;7-9H,1-6H3;6-8H2,1-5H3;9H,5-8H2,1-4H3;7-8H2,1-6H3;2*8H,5-7H2,1-4H3;8H,6-7H2,1-5H3;6H,5H2,1-4H3;4-6H2,1-3H3;6H,1-5H3;5-6H2,1-4H3;4-5H2,1-3H3;5H2,1-4H3/t2*11-;;2*10-;;2*9-;;2*7-;;;;/m00.00.00.00..../s1. The lowest BCUT2D eigenvalue weighted by molar-refractivity contribution is 0.00460. The van der Waals surface area contributed by atoms with Crippen LogP contribution in [0.1, 0.15) is 670 Å². The van der Waals surface area contributed by atoms with E-state index in [1.165, 1.54) is 44.9 Å². The molecule has 0 amide bonds. The molecule has 0 nitrogen and oxygen atoms in total. The maximum absolute atomic E-state index is 14.1. The van der Waals surface area contributed by atoms with Crippen LogP contribution in [0, 0.1) is 114 Å². The Hall–Kier alpha value is -0.700. The Bertz CT molecular complexity index is 2490. The van der Waals surface area contributed by atoms with Crippen molar-refractivity contribution >= 4 is 0 Å². The van der Waals surface area contributed by atoms with E-state index in [-0.39, 0.29) is 40.4 Å². The number of hydrogen-bond acceptors (Lipinski definition) is 0. The van der Waals surface area contributed by atoms with Crippen molar-refractivity contribution in [1.29, 1.82) is 0 Å². The van der Waals surface area contributed by atoms with Crippen LogP contribution in [0.25, 0.3) is 0 Å². The third-order valence-corrected chi connectivity index (χ3v) is 33.0. The van der Waals surface area contributed by atoms with E-state index in [1.54, 1.807) is 76.2 Å². The molecule has 864 valence electrons. The molecule has 0 fully saturated rings. The van der Waals surface area contributed by atoms with Crippen LogP contribution >= 0.6 is 0 Å². The second-order valence-corrected chi connectivity index (χ2v) is 53.3. The number of rotatable bonds is 41. The third-order valence-electron chi connectivity index (χ3n) is 33.0. The Morgan fingerprint density at radius 2 is 0.446 bits per heavy atom. The van der Waals surface area contributed by atoms with Crippen LogP contribution in [0.15, 0.2) is 0 Å². The van der Waals surface area contributed by atoms with Crippen molar-refractivity contribution in [3.63, 3.8) is 0 Å². The maximum atomic E-state index is 14.1. The average Bonchev–Trinajstić information content (AvgIpc) is 0.826. The minimum atomic E-state index is -1.04. The second-order valence-electron chi connectivity index (χ2n) is 53.3. The minimum Gasteiger partial charge on any atom is -0.244 e. The summed E-state index contributed by atoms with van der Waals surface area (Å²) in [5.41, 5.74) is -6.81. The van der Waals surface area contributed by atoms with Crippen LogP contribution in [0.5, 0.6) is 0 Å². The molecule has 0 spiro atoms. The summed E-state index contributed by atoms with van der Waals surface area (Å²) in [6.07, 6.45) is 28.3. The monoisotopic (exact) mass is 2020 g/mol. The third kappa shape index (κ3) is 94.3. The Morgan fingerprint density at radius 3 is 0.540 bits per heavy atom. The SMILES string of the molecule is CC(C)C(C(C)C)C(C)(C)F.CC(C)C(C)(C)C.CCC(C)(C)C.CCC(C)(CC)C(C)(C)C.CCC(C)(CC)[C@@](C)(F)CC.CCC(C)(F)CC.CCC(CC)C(C)(C)C.CCC(CC)[C@@](C)(F)CC.CCCC(C)(C)C.CCC[C@@](C)(F)CC.CCC[C@](C)(F)C(C)(CC)CC.CCC[C@](C)(F)C(CC)CC.CCC[C@](C)(F)CC(C)C.CC[C@](C)(F)C(C(C)C)C(C)C.CC[C@](C)(F)C(C)C. The Balaban J connectivity index is -0.0000000915. The average molecular weight is 2020 g/mol. The highest BCUT2D eigenvalue weighted by Crippen LogP contribution is 2.47. The molecule has 0 aliphatic rings. The molecule has 0 saturated heterocycles. The zero-order chi connectivity index (χ0) is 116. The minimum absolute atomic E-state index is 0.136. The number of hydrogen-bond donors (Lipinski definition) is 0. The van der Waals surface area contributed by atoms with Crippen LogP contribution in [-0.4, -0.2) is 56.7 Å². The molecule has 0 aromatic carbocycles. The van der Waals surface area contributed by atoms with Crippen LogP contribution in [-0.2, 0) is 0 Å². The van der Waals surface area contributed by atoms with Crippen LogP contribution in [0.2, 0.25) is 0 Å². The maximum Gasteiger partial charge on any atom is 0.113 e. The summed E-state index contributed by atoms with van der Waals surface area (Å²) >= 11 is 0. The predicted molar refractivity (Wildman–Crippen MR) is 629 cm³/mol. The van der Waals surface area contributed by atoms with E-state index in [9.17, 15) is 43.9 Å². The molecule has 0 heterocycles. The molecule has 8 atom stereocenters. The Morgan fingerprint density at radius 1 is 0.194 bits per heavy atom. The van der Waals surface area contributed by atoms with Gasteiger partial charge in [0.15, 0.2) is 0 Å². The molecule has 0 rings (SSSR count). The van der Waals surface area contributed by atoms with Gasteiger partial charge in [-0.05, 0) is 289 Å². The van der Waals surface area contributed by atoms with Gasteiger partial charge in [-0.2, -0.15) is 0 Å². The highest BCUT2D eigenvalue weighted by molar-refractivity contribution is 4.93. The summed E-state index contributed by atoms with van der Waals surface area (Å²) in [7, 11) is 0. The van der Waals surface area contributed by atoms with Gasteiger partial charge >= 0.3 is 0 Å². The summed E-state index contributed by atoms with van der Waals surface area (Å²) in [5.74, 6) is 4.88. The molecule has 0 aromatic heterocycles. The summed E-state index contributed by atoms with van der Waals surface area (Å²) in [6.45, 7) is 140. The van der Waals surface area contributed by atoms with E-state index in [1.807, 2.05) is 96.9 Å². The van der Waals surface area contributed by atoms with Crippen LogP contribution in [0.4, 0.5) is 43.9 Å². The predicted octanol–water partition coefficient (Wildman–Crippen LogP) is 50.6. The summed E-state index contributed by atoms with van der Waals surface area (Å²) in [6, 6.07) is 0. The highest BCUT2D eigenvalue weighted by Gasteiger charge is 2.43. The van der Waals surface area contributed by atoms with Gasteiger partial charge in [0, 0.05) is 10.8 Å². The number of halogens is 10. The first-order chi connectivity index (χ1) is 61.8. The lowest BCUT2D eigenvalue weighted by Crippen LogP contribution is -2.39. The lowest BCUT2D eigenvalue weighted by Gasteiger charge is -2.40. The lowest BCUT2D eigenvalue weighted by atomic mass is 9.65. The number of alkyl halides is 10. The van der Waals surface area contributed by atoms with E-state index in [0.29, 0.717) is 139 Å². The fourth-order valence-corrected chi connectivity index (χ4v) is 17.6. The topological polar surface area (TPSA) is 0 Å². The van der Waals surface area contributed by atoms with E-state index in [0.717, 1.165) is 88.9 Å². The van der Waals surface area contributed by atoms with Crippen molar-refractivity contribution in [1.82, 2.24) is 0 Å². The van der Waals surface area contributed by atoms with Crippen LogP contribution in [0.3, 0.4) is 0 Å². The van der Waals surface area contributed by atoms with Crippen molar-refractivity contribution in [2.24, 2.45) is 114 Å². The quantitative estimate of drug-likeness (QED) is 0.0535. The second kappa shape index (κ2) is 84.0. The molecule has 0 aromatic rings. The first-order valence-electron chi connectivity index (χ1n) is 58.7. The van der Waals surface area contributed by atoms with Crippen LogP contribution < -0.4 is 0 Å². The summed E-state index contributed by atoms with van der Waals surface area (Å²) in [4.78, 5) is 0. The molecule has 139 heavy (non-hydrogen) atoms. The van der Waals surface area contributed by atoms with Gasteiger partial charge in [0.2, 0.25) is 0 Å². The Labute approximate surface area is 879 Å². The van der Waals surface area contributed by atoms with Crippen molar-refractivity contribution in [3.8, 4) is 0 Å². The summed E-state index contributed by atoms with van der Waals surface area (Å²) in [5, 5.41) is 0. The zero-order valence-electron chi connectivity index (χ0n) is 110. The van der Waals surface area contributed by atoms with E-state index < -0.39 is 56.7 Å². The van der Waals surface area contributed by atoms with Crippen molar-refractivity contribution < 1.29 is 43.9 Å². The van der Waals surface area contributed by atoms with Crippen molar-refractivity contribution in [2.45, 2.75) is 727 Å². The molecule has 0 N–H and O–H groups in total. The fourth-order valence-electron chi connectivity index (χ4n) is 17.6. The van der Waals surface area contributed by atoms with Gasteiger partial charge in [-0.3, -0.25) is 0 Å². The fraction of sp³-hybridized carbons (Fsp3) is 1.00. The molecule has 0 bridgehead atoms.